The van der Waals surface area contributed by atoms with Crippen LogP contribution in [0, 0.1) is 13.7 Å². The molecule has 1 aromatic carbocycles. The van der Waals surface area contributed by atoms with Gasteiger partial charge in [-0.25, -0.2) is 0 Å². The average Bonchev–Trinajstić information content (AvgIpc) is 2.51. The molecule has 1 rings (SSSR count). The summed E-state index contributed by atoms with van der Waals surface area (Å²) in [6.45, 7) is 0. The van der Waals surface area contributed by atoms with E-state index in [4.69, 9.17) is 0 Å². The molecule has 0 bridgehead atoms. The number of nitro benzene ring substituents is 1. The molecule has 0 heterocycles. The first kappa shape index (κ1) is 24.4. The molecule has 0 radical (unpaired) electrons. The van der Waals surface area contributed by atoms with Gasteiger partial charge < -0.3 is 0 Å². The first-order valence-corrected chi connectivity index (χ1v) is 12.1. The predicted molar refractivity (Wildman–Crippen MR) is 87.1 cm³/mol. The summed E-state index contributed by atoms with van der Waals surface area (Å²) >= 11 is -4.19. The fraction of sp³-hybridized carbons (Fsp3) is 0.200. The summed E-state index contributed by atoms with van der Waals surface area (Å²) in [6, 6.07) is 3.14. The van der Waals surface area contributed by atoms with Gasteiger partial charge in [-0.3, -0.25) is 0 Å². The molecule has 0 fully saturated rings. The number of nitro groups is 1. The average molecular weight is 573 g/mol. The van der Waals surface area contributed by atoms with Crippen molar-refractivity contribution in [2.75, 3.05) is 0 Å². The van der Waals surface area contributed by atoms with Crippen LogP contribution in [0.15, 0.2) is 34.6 Å². The van der Waals surface area contributed by atoms with Crippen LogP contribution in [0.4, 0.5) is 32.0 Å². The molecule has 0 aliphatic rings. The molecule has 0 amide bonds. The minimum atomic E-state index is -6.21. The van der Waals surface area contributed by atoms with E-state index in [-0.39, 0.29) is 13.9 Å². The summed E-state index contributed by atoms with van der Waals surface area (Å²) in [5.41, 5.74) is -12.3. The maximum absolute atomic E-state index is 12.5. The van der Waals surface area contributed by atoms with Crippen molar-refractivity contribution in [1.82, 2.24) is 0 Å². The Morgan fingerprint density at radius 3 is 1.79 bits per heavy atom. The fourth-order valence-electron chi connectivity index (χ4n) is 1.14. The van der Waals surface area contributed by atoms with Crippen LogP contribution in [-0.4, -0.2) is 32.8 Å². The third kappa shape index (κ3) is 6.17. The first-order chi connectivity index (χ1) is 12.5. The van der Waals surface area contributed by atoms with Crippen molar-refractivity contribution < 1.29 is 54.8 Å². The fourth-order valence-corrected chi connectivity index (χ4v) is 7.03. The van der Waals surface area contributed by atoms with E-state index in [9.17, 15) is 53.3 Å². The third-order valence-electron chi connectivity index (χ3n) is 2.32. The van der Waals surface area contributed by atoms with Gasteiger partial charge in [0.2, 0.25) is 0 Å². The van der Waals surface area contributed by atoms with Gasteiger partial charge in [-0.2, -0.15) is 0 Å². The van der Waals surface area contributed by atoms with Gasteiger partial charge in [0.1, 0.15) is 0 Å². The van der Waals surface area contributed by atoms with Crippen LogP contribution < -0.4 is 0 Å². The number of hydrogen-bond acceptors (Lipinski definition) is 8. The number of nitrogens with zero attached hydrogens (tertiary/aromatic N) is 1. The molecule has 0 atom stereocenters. The quantitative estimate of drug-likeness (QED) is 0.0924. The molecule has 0 spiro atoms. The Morgan fingerprint density at radius 1 is 0.929 bits per heavy atom. The van der Waals surface area contributed by atoms with E-state index >= 15 is 0 Å². The zero-order valence-electron chi connectivity index (χ0n) is 12.6. The van der Waals surface area contributed by atoms with E-state index in [0.717, 1.165) is 24.3 Å². The van der Waals surface area contributed by atoms with E-state index in [2.05, 4.69) is 6.70 Å². The minimum absolute atomic E-state index is 0.180. The van der Waals surface area contributed by atoms with Crippen molar-refractivity contribution in [2.45, 2.75) is 11.0 Å². The zero-order chi connectivity index (χ0) is 22.0. The molecule has 9 nitrogen and oxygen atoms in total. The molecule has 0 unspecified atom stereocenters. The third-order valence-corrected chi connectivity index (χ3v) is 9.59. The van der Waals surface area contributed by atoms with Gasteiger partial charge >= 0.3 is 160 Å². The van der Waals surface area contributed by atoms with Crippen molar-refractivity contribution in [2.24, 2.45) is 0 Å². The summed E-state index contributed by atoms with van der Waals surface area (Å²) in [5, 5.41) is 10.6. The number of alkyl halides is 6. The summed E-state index contributed by atoms with van der Waals surface area (Å²) in [5.74, 6) is 0. The van der Waals surface area contributed by atoms with Crippen molar-refractivity contribution in [3.8, 4) is 0 Å². The normalized spacial score (nSPS) is 14.1. The number of non-ortho nitro benzene ring substituents is 1. The second kappa shape index (κ2) is 8.37. The molecule has 160 valence electrons. The molecule has 0 N–H and O–H groups in total. The van der Waals surface area contributed by atoms with Gasteiger partial charge in [0.25, 0.3) is 0 Å². The molecule has 0 aliphatic carbocycles. The molecule has 18 heteroatoms. The molecule has 0 aromatic heterocycles. The van der Waals surface area contributed by atoms with Crippen molar-refractivity contribution in [3.63, 3.8) is 0 Å². The van der Waals surface area contributed by atoms with Crippen LogP contribution in [0.3, 0.4) is 0 Å². The van der Waals surface area contributed by atoms with Gasteiger partial charge in [-0.15, -0.1) is 0 Å². The zero-order valence-corrected chi connectivity index (χ0v) is 16.4. The Bertz CT molecular complexity index is 955. The number of rotatable bonds is 7. The number of benzene rings is 1. The maximum atomic E-state index is 12.5. The van der Waals surface area contributed by atoms with Crippen LogP contribution in [0.5, 0.6) is 0 Å². The van der Waals surface area contributed by atoms with Crippen molar-refractivity contribution in [1.29, 1.82) is 0 Å². The molecule has 28 heavy (non-hydrogen) atoms. The number of hydrogen-bond donors (Lipinski definition) is 0. The van der Waals surface area contributed by atoms with Crippen LogP contribution in [0.2, 0.25) is 0 Å². The summed E-state index contributed by atoms with van der Waals surface area (Å²) in [7, 11) is -12.4. The first-order valence-electron chi connectivity index (χ1n) is 6.08. The Balaban J connectivity index is 3.25. The predicted octanol–water partition coefficient (Wildman–Crippen LogP) is 3.39. The van der Waals surface area contributed by atoms with Crippen LogP contribution >= 0.6 is 20.2 Å². The van der Waals surface area contributed by atoms with Gasteiger partial charge in [0.15, 0.2) is 0 Å². The second-order valence-electron chi connectivity index (χ2n) is 4.23. The van der Waals surface area contributed by atoms with Crippen LogP contribution in [-0.2, 0) is 26.9 Å². The van der Waals surface area contributed by atoms with Gasteiger partial charge in [-0.05, 0) is 0 Å². The molecular weight excluding hydrogens is 567 g/mol. The summed E-state index contributed by atoms with van der Waals surface area (Å²) < 4.78 is 125. The Kier molecular flexibility index (Phi) is 7.28. The monoisotopic (exact) mass is 573 g/mol. The van der Waals surface area contributed by atoms with Crippen molar-refractivity contribution >= 4 is 46.2 Å². The van der Waals surface area contributed by atoms with Crippen LogP contribution in [0.1, 0.15) is 0 Å². The number of halogens is 7. The topological polar surface area (TPSA) is 130 Å². The van der Waals surface area contributed by atoms with E-state index in [0.29, 0.717) is 0 Å². The molecule has 1 aromatic rings. The van der Waals surface area contributed by atoms with E-state index in [1.54, 1.807) is 0 Å². The summed E-state index contributed by atoms with van der Waals surface area (Å²) in [6.07, 6.45) is -0.180. The molecular formula is C10H6F6INO8S2. The van der Waals surface area contributed by atoms with E-state index in [1.807, 2.05) is 0 Å². The van der Waals surface area contributed by atoms with Gasteiger partial charge in [0, 0.05) is 0 Å². The summed E-state index contributed by atoms with van der Waals surface area (Å²) in [4.78, 5) is 9.67. The Labute approximate surface area is 160 Å². The van der Waals surface area contributed by atoms with Crippen molar-refractivity contribution in [3.05, 3.63) is 48.3 Å². The van der Waals surface area contributed by atoms with Crippen LogP contribution in [0.25, 0.3) is 0 Å². The van der Waals surface area contributed by atoms with Gasteiger partial charge in [-0.1, -0.05) is 0 Å². The SMILES string of the molecule is O=[N+]([O-])c1ccc(I(/C=C/OS(=O)(=O)C(F)(F)F)OS(=O)(=O)C(F)(F)F)cc1. The standard InChI is InChI=1S/C10H6F6INO8S2/c11-9(12,13)27(21,22)25-6-5-17(26-28(23,24)10(14,15)16)7-1-3-8(4-2-7)18(19)20/h1-6H/b6-5+. The Hall–Kier alpha value is -1.67. The Morgan fingerprint density at radius 2 is 1.39 bits per heavy atom. The van der Waals surface area contributed by atoms with E-state index < -0.39 is 62.1 Å². The second-order valence-corrected chi connectivity index (χ2v) is 11.9. The molecule has 0 saturated carbocycles. The molecule has 0 aliphatic heterocycles. The van der Waals surface area contributed by atoms with E-state index in [1.165, 1.54) is 0 Å². The molecule has 0 saturated heterocycles. The van der Waals surface area contributed by atoms with Gasteiger partial charge in [0.05, 0.1) is 0 Å².